The summed E-state index contributed by atoms with van der Waals surface area (Å²) in [5.74, 6) is 1.50. The first-order valence-corrected chi connectivity index (χ1v) is 5.12. The van der Waals surface area contributed by atoms with E-state index in [1.807, 2.05) is 13.1 Å². The van der Waals surface area contributed by atoms with Crippen LogP contribution in [0.5, 0.6) is 0 Å². The standard InChI is InChI=1S/C9H8IN3O/c1-11-9-7(10)4-12-8(13-9)6-2-3-14-5-6/h2-5H,1H3,(H,11,12,13). The normalized spacial score (nSPS) is 10.1. The summed E-state index contributed by atoms with van der Waals surface area (Å²) in [5, 5.41) is 3.01. The third-order valence-corrected chi connectivity index (χ3v) is 2.55. The van der Waals surface area contributed by atoms with Gasteiger partial charge in [0.2, 0.25) is 0 Å². The molecule has 2 aromatic heterocycles. The molecule has 0 aromatic carbocycles. The summed E-state index contributed by atoms with van der Waals surface area (Å²) < 4.78 is 5.97. The first-order valence-electron chi connectivity index (χ1n) is 4.04. The van der Waals surface area contributed by atoms with E-state index in [9.17, 15) is 0 Å². The highest BCUT2D eigenvalue weighted by molar-refractivity contribution is 14.1. The molecule has 2 aromatic rings. The molecule has 0 radical (unpaired) electrons. The Hall–Kier alpha value is -1.11. The molecule has 0 saturated heterocycles. The van der Waals surface area contributed by atoms with Crippen molar-refractivity contribution in [3.8, 4) is 11.4 Å². The lowest BCUT2D eigenvalue weighted by Crippen LogP contribution is -1.98. The summed E-state index contributed by atoms with van der Waals surface area (Å²) >= 11 is 2.18. The first-order chi connectivity index (χ1) is 6.81. The molecule has 0 fully saturated rings. The molecule has 14 heavy (non-hydrogen) atoms. The maximum atomic E-state index is 4.97. The average molecular weight is 301 g/mol. The number of aromatic nitrogens is 2. The fourth-order valence-corrected chi connectivity index (χ4v) is 1.60. The molecule has 4 nitrogen and oxygen atoms in total. The first kappa shape index (κ1) is 9.45. The summed E-state index contributed by atoms with van der Waals surface area (Å²) in [6.45, 7) is 0. The fourth-order valence-electron chi connectivity index (χ4n) is 1.07. The van der Waals surface area contributed by atoms with Gasteiger partial charge in [0.15, 0.2) is 5.82 Å². The Labute approximate surface area is 94.9 Å². The number of hydrogen-bond donors (Lipinski definition) is 1. The van der Waals surface area contributed by atoms with Gasteiger partial charge in [-0.1, -0.05) is 0 Å². The quantitative estimate of drug-likeness (QED) is 0.865. The van der Waals surface area contributed by atoms with Crippen molar-refractivity contribution in [2.75, 3.05) is 12.4 Å². The molecule has 2 rings (SSSR count). The third kappa shape index (κ3) is 1.72. The van der Waals surface area contributed by atoms with Gasteiger partial charge in [-0.15, -0.1) is 0 Å². The smallest absolute Gasteiger partial charge is 0.164 e. The van der Waals surface area contributed by atoms with Crippen LogP contribution in [-0.4, -0.2) is 17.0 Å². The zero-order valence-corrected chi connectivity index (χ0v) is 9.65. The Morgan fingerprint density at radius 3 is 3.00 bits per heavy atom. The van der Waals surface area contributed by atoms with Crippen molar-refractivity contribution in [2.45, 2.75) is 0 Å². The van der Waals surface area contributed by atoms with Crippen molar-refractivity contribution in [3.63, 3.8) is 0 Å². The Balaban J connectivity index is 2.46. The Kier molecular flexibility index (Phi) is 2.67. The molecule has 0 aliphatic heterocycles. The van der Waals surface area contributed by atoms with Crippen molar-refractivity contribution >= 4 is 28.4 Å². The minimum absolute atomic E-state index is 0.670. The molecule has 0 bridgehead atoms. The lowest BCUT2D eigenvalue weighted by atomic mass is 10.3. The number of nitrogens with zero attached hydrogens (tertiary/aromatic N) is 2. The summed E-state index contributed by atoms with van der Waals surface area (Å²) in [4.78, 5) is 8.55. The second-order valence-electron chi connectivity index (χ2n) is 2.65. The van der Waals surface area contributed by atoms with E-state index in [4.69, 9.17) is 4.42 Å². The number of nitrogens with one attached hydrogen (secondary N) is 1. The predicted molar refractivity (Wildman–Crippen MR) is 62.0 cm³/mol. The lowest BCUT2D eigenvalue weighted by molar-refractivity contribution is 0.568. The molecule has 2 heterocycles. The van der Waals surface area contributed by atoms with Gasteiger partial charge in [0.05, 0.1) is 15.4 Å². The van der Waals surface area contributed by atoms with Crippen LogP contribution in [0, 0.1) is 3.57 Å². The number of furan rings is 1. The molecule has 0 amide bonds. The maximum Gasteiger partial charge on any atom is 0.164 e. The Morgan fingerprint density at radius 1 is 1.50 bits per heavy atom. The predicted octanol–water partition coefficient (Wildman–Crippen LogP) is 2.38. The molecule has 5 heteroatoms. The van der Waals surface area contributed by atoms with Crippen LogP contribution in [0.4, 0.5) is 5.82 Å². The zero-order chi connectivity index (χ0) is 9.97. The van der Waals surface area contributed by atoms with Crippen molar-refractivity contribution < 1.29 is 4.42 Å². The minimum Gasteiger partial charge on any atom is -0.472 e. The van der Waals surface area contributed by atoms with Gasteiger partial charge in [0.1, 0.15) is 12.1 Å². The van der Waals surface area contributed by atoms with Gasteiger partial charge in [-0.3, -0.25) is 0 Å². The van der Waals surface area contributed by atoms with E-state index < -0.39 is 0 Å². The van der Waals surface area contributed by atoms with Crippen molar-refractivity contribution in [3.05, 3.63) is 28.4 Å². The van der Waals surface area contributed by atoms with Crippen LogP contribution in [-0.2, 0) is 0 Å². The van der Waals surface area contributed by atoms with E-state index in [0.29, 0.717) is 5.82 Å². The Morgan fingerprint density at radius 2 is 2.36 bits per heavy atom. The van der Waals surface area contributed by atoms with Crippen LogP contribution in [0.15, 0.2) is 29.2 Å². The van der Waals surface area contributed by atoms with Gasteiger partial charge in [0, 0.05) is 13.2 Å². The molecule has 0 aliphatic carbocycles. The third-order valence-electron chi connectivity index (χ3n) is 1.76. The van der Waals surface area contributed by atoms with E-state index in [0.717, 1.165) is 15.0 Å². The summed E-state index contributed by atoms with van der Waals surface area (Å²) in [6.07, 6.45) is 5.01. The summed E-state index contributed by atoms with van der Waals surface area (Å²) in [6, 6.07) is 1.83. The van der Waals surface area contributed by atoms with Crippen molar-refractivity contribution in [1.29, 1.82) is 0 Å². The average Bonchev–Trinajstić information content (AvgIpc) is 2.71. The molecule has 1 N–H and O–H groups in total. The van der Waals surface area contributed by atoms with Gasteiger partial charge >= 0.3 is 0 Å². The highest BCUT2D eigenvalue weighted by atomic mass is 127. The second kappa shape index (κ2) is 3.95. The fraction of sp³-hybridized carbons (Fsp3) is 0.111. The highest BCUT2D eigenvalue weighted by Crippen LogP contribution is 2.20. The lowest BCUT2D eigenvalue weighted by Gasteiger charge is -2.03. The number of hydrogen-bond acceptors (Lipinski definition) is 4. The number of rotatable bonds is 2. The van der Waals surface area contributed by atoms with Crippen LogP contribution < -0.4 is 5.32 Å². The van der Waals surface area contributed by atoms with E-state index in [2.05, 4.69) is 37.9 Å². The molecule has 0 saturated carbocycles. The van der Waals surface area contributed by atoms with Crippen molar-refractivity contribution in [1.82, 2.24) is 9.97 Å². The molecule has 0 aliphatic rings. The number of anilines is 1. The minimum atomic E-state index is 0.670. The number of halogens is 1. The van der Waals surface area contributed by atoms with Gasteiger partial charge in [-0.25, -0.2) is 9.97 Å². The van der Waals surface area contributed by atoms with E-state index >= 15 is 0 Å². The maximum absolute atomic E-state index is 4.97. The van der Waals surface area contributed by atoms with Crippen LogP contribution in [0.3, 0.4) is 0 Å². The summed E-state index contributed by atoms with van der Waals surface area (Å²) in [7, 11) is 1.84. The monoisotopic (exact) mass is 301 g/mol. The second-order valence-corrected chi connectivity index (χ2v) is 3.81. The van der Waals surface area contributed by atoms with Crippen LogP contribution in [0.1, 0.15) is 0 Å². The molecular formula is C9H8IN3O. The van der Waals surface area contributed by atoms with Crippen LogP contribution in [0.25, 0.3) is 11.4 Å². The van der Waals surface area contributed by atoms with Crippen LogP contribution in [0.2, 0.25) is 0 Å². The van der Waals surface area contributed by atoms with Gasteiger partial charge in [0.25, 0.3) is 0 Å². The van der Waals surface area contributed by atoms with Gasteiger partial charge < -0.3 is 9.73 Å². The van der Waals surface area contributed by atoms with E-state index in [-0.39, 0.29) is 0 Å². The van der Waals surface area contributed by atoms with E-state index in [1.165, 1.54) is 0 Å². The largest absolute Gasteiger partial charge is 0.472 e. The van der Waals surface area contributed by atoms with Gasteiger partial charge in [-0.05, 0) is 28.7 Å². The molecular weight excluding hydrogens is 293 g/mol. The highest BCUT2D eigenvalue weighted by Gasteiger charge is 2.05. The van der Waals surface area contributed by atoms with E-state index in [1.54, 1.807) is 18.7 Å². The summed E-state index contributed by atoms with van der Waals surface area (Å²) in [5.41, 5.74) is 0.887. The Bertz CT molecular complexity index is 428. The zero-order valence-electron chi connectivity index (χ0n) is 7.49. The SMILES string of the molecule is CNc1nc(-c2ccoc2)ncc1I. The molecule has 0 spiro atoms. The van der Waals surface area contributed by atoms with Gasteiger partial charge in [-0.2, -0.15) is 0 Å². The van der Waals surface area contributed by atoms with Crippen LogP contribution >= 0.6 is 22.6 Å². The molecule has 0 unspecified atom stereocenters. The molecule has 0 atom stereocenters. The van der Waals surface area contributed by atoms with Crippen molar-refractivity contribution in [2.24, 2.45) is 0 Å². The molecule has 72 valence electrons. The topological polar surface area (TPSA) is 51.0 Å².